The highest BCUT2D eigenvalue weighted by Gasteiger charge is 2.34. The van der Waals surface area contributed by atoms with Crippen LogP contribution >= 0.6 is 0 Å². The number of aromatic nitrogens is 2. The molecule has 0 aliphatic carbocycles. The number of hydrogen-bond acceptors (Lipinski definition) is 4. The molecule has 19 heavy (non-hydrogen) atoms. The van der Waals surface area contributed by atoms with E-state index in [1.807, 2.05) is 0 Å². The third kappa shape index (κ3) is 2.42. The number of aromatic amines is 1. The number of piperidine rings is 1. The monoisotopic (exact) mass is 266 g/mol. The summed E-state index contributed by atoms with van der Waals surface area (Å²) >= 11 is 0. The molecule has 2 heterocycles. The summed E-state index contributed by atoms with van der Waals surface area (Å²) in [5.74, 6) is -2.43. The van der Waals surface area contributed by atoms with E-state index in [1.54, 1.807) is 0 Å². The lowest BCUT2D eigenvalue weighted by atomic mass is 10.0. The molecule has 0 radical (unpaired) electrons. The molecule has 4 N–H and O–H groups in total. The number of carboxylic acids is 1. The van der Waals surface area contributed by atoms with Gasteiger partial charge >= 0.3 is 5.97 Å². The molecule has 2 amide bonds. The maximum atomic E-state index is 12.3. The molecule has 1 atom stereocenters. The molecule has 1 aliphatic heterocycles. The van der Waals surface area contributed by atoms with Gasteiger partial charge in [-0.3, -0.25) is 9.59 Å². The minimum absolute atomic E-state index is 0.194. The van der Waals surface area contributed by atoms with E-state index in [-0.39, 0.29) is 11.4 Å². The molecular formula is C11H14N4O4. The van der Waals surface area contributed by atoms with Crippen molar-refractivity contribution in [1.29, 1.82) is 0 Å². The highest BCUT2D eigenvalue weighted by molar-refractivity contribution is 6.03. The largest absolute Gasteiger partial charge is 0.477 e. The summed E-state index contributed by atoms with van der Waals surface area (Å²) in [6, 6.07) is -0.695. The lowest BCUT2D eigenvalue weighted by Gasteiger charge is -2.33. The normalized spacial score (nSPS) is 19.2. The smallest absolute Gasteiger partial charge is 0.354 e. The number of primary amides is 1. The topological polar surface area (TPSA) is 129 Å². The minimum Gasteiger partial charge on any atom is -0.477 e. The van der Waals surface area contributed by atoms with Gasteiger partial charge in [-0.15, -0.1) is 0 Å². The second-order valence-electron chi connectivity index (χ2n) is 4.34. The van der Waals surface area contributed by atoms with Gasteiger partial charge in [0.2, 0.25) is 5.91 Å². The molecule has 8 nitrogen and oxygen atoms in total. The van der Waals surface area contributed by atoms with Gasteiger partial charge in [-0.2, -0.15) is 0 Å². The Kier molecular flexibility index (Phi) is 3.50. The first kappa shape index (κ1) is 13.1. The lowest BCUT2D eigenvalue weighted by Crippen LogP contribution is -2.50. The molecular weight excluding hydrogens is 252 g/mol. The van der Waals surface area contributed by atoms with E-state index in [0.29, 0.717) is 13.0 Å². The number of H-pyrrole nitrogens is 1. The fourth-order valence-corrected chi connectivity index (χ4v) is 2.23. The predicted octanol–water partition coefficient (Wildman–Crippen LogP) is -0.412. The first-order valence-electron chi connectivity index (χ1n) is 5.89. The van der Waals surface area contributed by atoms with Crippen LogP contribution in [0.1, 0.15) is 40.2 Å². The number of nitrogens with zero attached hydrogens (tertiary/aromatic N) is 2. The summed E-state index contributed by atoms with van der Waals surface area (Å²) < 4.78 is 0. The maximum absolute atomic E-state index is 12.3. The van der Waals surface area contributed by atoms with Gasteiger partial charge in [0.05, 0.1) is 6.33 Å². The van der Waals surface area contributed by atoms with Gasteiger partial charge < -0.3 is 20.7 Å². The molecule has 1 unspecified atom stereocenters. The van der Waals surface area contributed by atoms with Gasteiger partial charge in [-0.05, 0) is 19.3 Å². The minimum atomic E-state index is -1.27. The first-order valence-corrected chi connectivity index (χ1v) is 5.89. The van der Waals surface area contributed by atoms with Gasteiger partial charge in [0.25, 0.3) is 5.91 Å². The van der Waals surface area contributed by atoms with Crippen LogP contribution < -0.4 is 5.73 Å². The highest BCUT2D eigenvalue weighted by Crippen LogP contribution is 2.19. The van der Waals surface area contributed by atoms with E-state index in [0.717, 1.165) is 19.2 Å². The molecule has 8 heteroatoms. The maximum Gasteiger partial charge on any atom is 0.354 e. The standard InChI is InChI=1S/C11H14N4O4/c12-9(16)6-3-1-2-4-15(6)10(17)7-8(11(18)19)14-5-13-7/h5-6H,1-4H2,(H2,12,16)(H,13,14)(H,18,19). The summed E-state index contributed by atoms with van der Waals surface area (Å²) in [4.78, 5) is 42.0. The Bertz CT molecular complexity index is 525. The molecule has 1 aromatic heterocycles. The average Bonchev–Trinajstić information content (AvgIpc) is 2.87. The van der Waals surface area contributed by atoms with Crippen molar-refractivity contribution in [3.63, 3.8) is 0 Å². The van der Waals surface area contributed by atoms with E-state index < -0.39 is 23.8 Å². The Balaban J connectivity index is 2.29. The Labute approximate surface area is 108 Å². The number of rotatable bonds is 3. The third-order valence-electron chi connectivity index (χ3n) is 3.15. The second-order valence-corrected chi connectivity index (χ2v) is 4.34. The number of likely N-dealkylation sites (tertiary alicyclic amines) is 1. The number of carboxylic acid groups (broad SMARTS) is 1. The summed E-state index contributed by atoms with van der Waals surface area (Å²) in [7, 11) is 0. The van der Waals surface area contributed by atoms with Crippen molar-refractivity contribution in [1.82, 2.24) is 14.9 Å². The van der Waals surface area contributed by atoms with Gasteiger partial charge in [0.1, 0.15) is 6.04 Å². The van der Waals surface area contributed by atoms with Crippen LogP contribution in [0.15, 0.2) is 6.33 Å². The Hall–Kier alpha value is -2.38. The molecule has 1 saturated heterocycles. The van der Waals surface area contributed by atoms with E-state index in [2.05, 4.69) is 9.97 Å². The number of carbonyl (C=O) groups excluding carboxylic acids is 2. The summed E-state index contributed by atoms with van der Waals surface area (Å²) in [6.45, 7) is 0.373. The molecule has 2 rings (SSSR count). The van der Waals surface area contributed by atoms with E-state index in [4.69, 9.17) is 10.8 Å². The van der Waals surface area contributed by atoms with Crippen molar-refractivity contribution in [2.24, 2.45) is 5.73 Å². The predicted molar refractivity (Wildman–Crippen MR) is 63.4 cm³/mol. The first-order chi connectivity index (χ1) is 9.02. The number of nitrogens with two attached hydrogens (primary N) is 1. The van der Waals surface area contributed by atoms with Crippen molar-refractivity contribution in [3.05, 3.63) is 17.7 Å². The molecule has 1 aliphatic rings. The number of nitrogens with one attached hydrogen (secondary N) is 1. The number of amides is 2. The van der Waals surface area contributed by atoms with Crippen molar-refractivity contribution in [2.45, 2.75) is 25.3 Å². The fraction of sp³-hybridized carbons (Fsp3) is 0.455. The van der Waals surface area contributed by atoms with Crippen LogP contribution in [0.3, 0.4) is 0 Å². The number of hydrogen-bond donors (Lipinski definition) is 3. The molecule has 0 spiro atoms. The van der Waals surface area contributed by atoms with Gasteiger partial charge in [0, 0.05) is 6.54 Å². The Morgan fingerprint density at radius 2 is 2.16 bits per heavy atom. The molecule has 0 aromatic carbocycles. The van der Waals surface area contributed by atoms with Crippen molar-refractivity contribution in [3.8, 4) is 0 Å². The molecule has 0 bridgehead atoms. The van der Waals surface area contributed by atoms with Crippen molar-refractivity contribution >= 4 is 17.8 Å². The third-order valence-corrected chi connectivity index (χ3v) is 3.15. The SMILES string of the molecule is NC(=O)C1CCCCN1C(=O)c1nc[nH]c1C(=O)O. The molecule has 102 valence electrons. The van der Waals surface area contributed by atoms with Gasteiger partial charge in [0.15, 0.2) is 11.4 Å². The average molecular weight is 266 g/mol. The van der Waals surface area contributed by atoms with Crippen molar-refractivity contribution in [2.75, 3.05) is 6.54 Å². The van der Waals surface area contributed by atoms with E-state index in [1.165, 1.54) is 4.90 Å². The summed E-state index contributed by atoms with van der Waals surface area (Å²) in [6.07, 6.45) is 3.19. The highest BCUT2D eigenvalue weighted by atomic mass is 16.4. The number of carbonyl (C=O) groups is 3. The zero-order valence-corrected chi connectivity index (χ0v) is 10.1. The molecule has 1 aromatic rings. The summed E-state index contributed by atoms with van der Waals surface area (Å²) in [5, 5.41) is 8.94. The quantitative estimate of drug-likeness (QED) is 0.684. The van der Waals surface area contributed by atoms with Crippen LogP contribution in [0.5, 0.6) is 0 Å². The molecule has 0 saturated carbocycles. The Morgan fingerprint density at radius 3 is 2.79 bits per heavy atom. The van der Waals surface area contributed by atoms with Crippen LogP contribution in [0, 0.1) is 0 Å². The van der Waals surface area contributed by atoms with E-state index >= 15 is 0 Å². The molecule has 1 fully saturated rings. The van der Waals surface area contributed by atoms with E-state index in [9.17, 15) is 14.4 Å². The van der Waals surface area contributed by atoms with Crippen molar-refractivity contribution < 1.29 is 19.5 Å². The van der Waals surface area contributed by atoms with Gasteiger partial charge in [-0.25, -0.2) is 9.78 Å². The number of aromatic carboxylic acids is 1. The van der Waals surface area contributed by atoms with Crippen LogP contribution in [0.25, 0.3) is 0 Å². The zero-order chi connectivity index (χ0) is 14.0. The lowest BCUT2D eigenvalue weighted by molar-refractivity contribution is -0.123. The summed E-state index contributed by atoms with van der Waals surface area (Å²) in [5.41, 5.74) is 4.80. The zero-order valence-electron chi connectivity index (χ0n) is 10.1. The van der Waals surface area contributed by atoms with Crippen LogP contribution in [0.4, 0.5) is 0 Å². The second kappa shape index (κ2) is 5.09. The van der Waals surface area contributed by atoms with Gasteiger partial charge in [-0.1, -0.05) is 0 Å². The number of imidazole rings is 1. The Morgan fingerprint density at radius 1 is 1.42 bits per heavy atom. The van der Waals surface area contributed by atoms with Crippen LogP contribution in [-0.2, 0) is 4.79 Å². The fourth-order valence-electron chi connectivity index (χ4n) is 2.23. The van der Waals surface area contributed by atoms with Crippen LogP contribution in [0.2, 0.25) is 0 Å². The van der Waals surface area contributed by atoms with Crippen LogP contribution in [-0.4, -0.2) is 50.3 Å².